The van der Waals surface area contributed by atoms with E-state index in [9.17, 15) is 0 Å². The summed E-state index contributed by atoms with van der Waals surface area (Å²) in [5.41, 5.74) is 8.44. The largest absolute Gasteiger partial charge is 0.327 e. The molecule has 0 amide bonds. The lowest BCUT2D eigenvalue weighted by molar-refractivity contribution is 0.640. The van der Waals surface area contributed by atoms with E-state index in [1.165, 1.54) is 5.56 Å². The van der Waals surface area contributed by atoms with Crippen molar-refractivity contribution >= 4 is 15.9 Å². The number of rotatable bonds is 6. The van der Waals surface area contributed by atoms with Gasteiger partial charge in [-0.05, 0) is 36.6 Å². The van der Waals surface area contributed by atoms with Crippen LogP contribution >= 0.6 is 15.9 Å². The van der Waals surface area contributed by atoms with Crippen LogP contribution in [0.15, 0.2) is 22.7 Å². The van der Waals surface area contributed by atoms with Gasteiger partial charge in [-0.3, -0.25) is 0 Å². The topological polar surface area (TPSA) is 56.7 Å². The lowest BCUT2D eigenvalue weighted by Crippen LogP contribution is -2.22. The molecular formula is C16H23BrN4. The third kappa shape index (κ3) is 3.71. The van der Waals surface area contributed by atoms with Gasteiger partial charge in [-0.15, -0.1) is 0 Å². The number of halogens is 1. The zero-order valence-electron chi connectivity index (χ0n) is 12.9. The first-order chi connectivity index (χ1) is 10.1. The molecule has 0 radical (unpaired) electrons. The maximum Gasteiger partial charge on any atom is 0.151 e. The molecule has 0 aliphatic heterocycles. The Hall–Kier alpha value is -1.20. The number of aryl methyl sites for hydroxylation is 2. The molecule has 21 heavy (non-hydrogen) atoms. The minimum Gasteiger partial charge on any atom is -0.327 e. The molecule has 2 aromatic rings. The van der Waals surface area contributed by atoms with Gasteiger partial charge in [-0.25, -0.2) is 9.67 Å². The van der Waals surface area contributed by atoms with Crippen molar-refractivity contribution < 1.29 is 0 Å². The molecule has 1 unspecified atom stereocenters. The second kappa shape index (κ2) is 7.18. The lowest BCUT2D eigenvalue weighted by atomic mass is 10.0. The molecule has 0 bridgehead atoms. The minimum atomic E-state index is 0.164. The van der Waals surface area contributed by atoms with Crippen LogP contribution in [0.5, 0.6) is 0 Å². The van der Waals surface area contributed by atoms with Gasteiger partial charge in [0.05, 0.1) is 5.69 Å². The van der Waals surface area contributed by atoms with Crippen molar-refractivity contribution in [2.45, 2.75) is 52.5 Å². The van der Waals surface area contributed by atoms with Gasteiger partial charge in [0, 0.05) is 23.4 Å². The molecule has 1 aromatic carbocycles. The summed E-state index contributed by atoms with van der Waals surface area (Å²) in [6, 6.07) is 6.44. The molecule has 0 saturated heterocycles. The standard InChI is InChI=1S/C16H23BrN4/c1-4-13(18)10-11-9-12(17)7-8-14(11)21-16(6-3)19-15(5-2)20-21/h7-9,13H,4-6,10,18H2,1-3H3. The van der Waals surface area contributed by atoms with Crippen molar-refractivity contribution in [1.29, 1.82) is 0 Å². The van der Waals surface area contributed by atoms with E-state index in [1.807, 2.05) is 10.7 Å². The minimum absolute atomic E-state index is 0.164. The molecule has 0 fully saturated rings. The van der Waals surface area contributed by atoms with Gasteiger partial charge >= 0.3 is 0 Å². The monoisotopic (exact) mass is 350 g/mol. The fraction of sp³-hybridized carbons (Fsp3) is 0.500. The number of nitrogens with zero attached hydrogens (tertiary/aromatic N) is 3. The zero-order valence-corrected chi connectivity index (χ0v) is 14.5. The number of benzene rings is 1. The second-order valence-corrected chi connectivity index (χ2v) is 6.12. The van der Waals surface area contributed by atoms with Gasteiger partial charge < -0.3 is 5.73 Å². The highest BCUT2D eigenvalue weighted by Crippen LogP contribution is 2.23. The smallest absolute Gasteiger partial charge is 0.151 e. The molecule has 5 heteroatoms. The summed E-state index contributed by atoms with van der Waals surface area (Å²) in [7, 11) is 0. The van der Waals surface area contributed by atoms with E-state index in [1.54, 1.807) is 0 Å². The van der Waals surface area contributed by atoms with Crippen LogP contribution in [-0.2, 0) is 19.3 Å². The molecule has 1 atom stereocenters. The van der Waals surface area contributed by atoms with Crippen LogP contribution in [0.3, 0.4) is 0 Å². The summed E-state index contributed by atoms with van der Waals surface area (Å²) in [6.45, 7) is 6.30. The summed E-state index contributed by atoms with van der Waals surface area (Å²) < 4.78 is 3.04. The molecular weight excluding hydrogens is 328 g/mol. The summed E-state index contributed by atoms with van der Waals surface area (Å²) >= 11 is 3.55. The number of hydrogen-bond donors (Lipinski definition) is 1. The Balaban J connectivity index is 2.49. The zero-order chi connectivity index (χ0) is 15.4. The molecule has 0 aliphatic carbocycles. The first-order valence-electron chi connectivity index (χ1n) is 7.58. The van der Waals surface area contributed by atoms with E-state index < -0.39 is 0 Å². The van der Waals surface area contributed by atoms with Crippen LogP contribution < -0.4 is 5.73 Å². The first-order valence-corrected chi connectivity index (χ1v) is 8.37. The van der Waals surface area contributed by atoms with Crippen LogP contribution in [0.1, 0.15) is 44.4 Å². The van der Waals surface area contributed by atoms with Crippen molar-refractivity contribution in [1.82, 2.24) is 14.8 Å². The van der Waals surface area contributed by atoms with Gasteiger partial charge in [0.2, 0.25) is 0 Å². The normalized spacial score (nSPS) is 12.6. The Morgan fingerprint density at radius 1 is 1.24 bits per heavy atom. The molecule has 2 N–H and O–H groups in total. The Bertz CT molecular complexity index is 606. The average molecular weight is 351 g/mol. The average Bonchev–Trinajstić information content (AvgIpc) is 2.90. The Morgan fingerprint density at radius 2 is 2.00 bits per heavy atom. The Labute approximate surface area is 134 Å². The van der Waals surface area contributed by atoms with Gasteiger partial charge in [0.15, 0.2) is 5.82 Å². The molecule has 4 nitrogen and oxygen atoms in total. The highest BCUT2D eigenvalue weighted by Gasteiger charge is 2.14. The number of hydrogen-bond acceptors (Lipinski definition) is 3. The van der Waals surface area contributed by atoms with Gasteiger partial charge in [0.25, 0.3) is 0 Å². The first kappa shape index (κ1) is 16.2. The second-order valence-electron chi connectivity index (χ2n) is 5.21. The maximum absolute atomic E-state index is 6.14. The van der Waals surface area contributed by atoms with Crippen molar-refractivity contribution in [2.75, 3.05) is 0 Å². The van der Waals surface area contributed by atoms with Crippen LogP contribution in [0, 0.1) is 0 Å². The summed E-state index contributed by atoms with van der Waals surface area (Å²) in [5, 5.41) is 4.64. The molecule has 0 saturated carbocycles. The van der Waals surface area contributed by atoms with E-state index in [0.29, 0.717) is 0 Å². The fourth-order valence-electron chi connectivity index (χ4n) is 2.31. The lowest BCUT2D eigenvalue weighted by Gasteiger charge is -2.15. The fourth-order valence-corrected chi connectivity index (χ4v) is 2.72. The number of aromatic nitrogens is 3. The van der Waals surface area contributed by atoms with Crippen molar-refractivity contribution in [3.63, 3.8) is 0 Å². The van der Waals surface area contributed by atoms with Crippen LogP contribution in [0.2, 0.25) is 0 Å². The third-order valence-electron chi connectivity index (χ3n) is 3.63. The predicted octanol–water partition coefficient (Wildman–Crippen LogP) is 3.43. The third-order valence-corrected chi connectivity index (χ3v) is 4.12. The highest BCUT2D eigenvalue weighted by molar-refractivity contribution is 9.10. The van der Waals surface area contributed by atoms with E-state index in [-0.39, 0.29) is 6.04 Å². The van der Waals surface area contributed by atoms with Crippen molar-refractivity contribution in [2.24, 2.45) is 5.73 Å². The molecule has 1 heterocycles. The van der Waals surface area contributed by atoms with Crippen LogP contribution in [0.4, 0.5) is 0 Å². The molecule has 114 valence electrons. The van der Waals surface area contributed by atoms with Gasteiger partial charge in [-0.1, -0.05) is 36.7 Å². The quantitative estimate of drug-likeness (QED) is 0.867. The van der Waals surface area contributed by atoms with E-state index in [4.69, 9.17) is 5.73 Å². The van der Waals surface area contributed by atoms with E-state index >= 15 is 0 Å². The molecule has 0 aliphatic rings. The highest BCUT2D eigenvalue weighted by atomic mass is 79.9. The molecule has 0 spiro atoms. The summed E-state index contributed by atoms with van der Waals surface area (Å²) in [4.78, 5) is 4.60. The summed E-state index contributed by atoms with van der Waals surface area (Å²) in [5.74, 6) is 1.89. The SMILES string of the molecule is CCc1nc(CC)n(-c2ccc(Br)cc2CC(N)CC)n1. The van der Waals surface area contributed by atoms with Crippen molar-refractivity contribution in [3.8, 4) is 5.69 Å². The maximum atomic E-state index is 6.14. The molecule has 2 rings (SSSR count). The van der Waals surface area contributed by atoms with E-state index in [0.717, 1.165) is 47.5 Å². The summed E-state index contributed by atoms with van der Waals surface area (Å²) in [6.07, 6.45) is 3.52. The van der Waals surface area contributed by atoms with E-state index in [2.05, 4.69) is 58.9 Å². The Kier molecular flexibility index (Phi) is 5.53. The van der Waals surface area contributed by atoms with Crippen LogP contribution in [0.25, 0.3) is 5.69 Å². The number of nitrogens with two attached hydrogens (primary N) is 1. The Morgan fingerprint density at radius 3 is 2.62 bits per heavy atom. The van der Waals surface area contributed by atoms with Gasteiger partial charge in [-0.2, -0.15) is 5.10 Å². The van der Waals surface area contributed by atoms with Crippen LogP contribution in [-0.4, -0.2) is 20.8 Å². The molecule has 1 aromatic heterocycles. The van der Waals surface area contributed by atoms with Gasteiger partial charge in [0.1, 0.15) is 5.82 Å². The van der Waals surface area contributed by atoms with Crippen molar-refractivity contribution in [3.05, 3.63) is 39.9 Å². The predicted molar refractivity (Wildman–Crippen MR) is 89.8 cm³/mol.